The second-order valence-electron chi connectivity index (χ2n) is 24.2. The maximum Gasteiger partial charge on any atom is 0.389 e. The van der Waals surface area contributed by atoms with E-state index in [-0.39, 0.29) is 79.5 Å². The average Bonchev–Trinajstić information content (AvgIpc) is 1.26. The predicted molar refractivity (Wildman–Crippen MR) is 344 cm³/mol. The number of carbonyl (C=O) groups is 8. The second kappa shape index (κ2) is 35.8. The summed E-state index contributed by atoms with van der Waals surface area (Å²) in [6.07, 6.45) is -8.20. The lowest BCUT2D eigenvalue weighted by atomic mass is 9.89. The van der Waals surface area contributed by atoms with Crippen molar-refractivity contribution < 1.29 is 79.9 Å². The van der Waals surface area contributed by atoms with Gasteiger partial charge in [-0.1, -0.05) is 109 Å². The summed E-state index contributed by atoms with van der Waals surface area (Å²) >= 11 is 5.04. The van der Waals surface area contributed by atoms with Gasteiger partial charge in [0, 0.05) is 49.4 Å². The average molecular weight is 1340 g/mol. The van der Waals surface area contributed by atoms with Gasteiger partial charge in [0.15, 0.2) is 23.1 Å². The van der Waals surface area contributed by atoms with Crippen molar-refractivity contribution in [3.63, 3.8) is 0 Å². The minimum Gasteiger partial charge on any atom is -0.457 e. The molecular formula is C73H78ClF7N4O10. The van der Waals surface area contributed by atoms with Crippen LogP contribution >= 0.6 is 11.6 Å². The summed E-state index contributed by atoms with van der Waals surface area (Å²) in [5, 5.41) is 8.12. The first-order chi connectivity index (χ1) is 45.8. The summed E-state index contributed by atoms with van der Waals surface area (Å²) in [5.41, 5.74) is 10.9. The maximum atomic E-state index is 13.9. The molecule has 0 aromatic heterocycles. The van der Waals surface area contributed by atoms with Crippen LogP contribution in [0.1, 0.15) is 112 Å². The molecule has 10 rings (SSSR count). The molecule has 14 nitrogen and oxygen atoms in total. The number of alkyl halides is 7. The van der Waals surface area contributed by atoms with E-state index in [0.717, 1.165) is 47.9 Å². The van der Waals surface area contributed by atoms with Crippen LogP contribution in [-0.4, -0.2) is 89.8 Å². The molecule has 0 radical (unpaired) electrons. The molecule has 6 atom stereocenters. The molecule has 95 heavy (non-hydrogen) atoms. The Balaban J connectivity index is 0.000000241. The van der Waals surface area contributed by atoms with E-state index < -0.39 is 105 Å². The van der Waals surface area contributed by atoms with Crippen molar-refractivity contribution >= 4 is 57.7 Å². The van der Waals surface area contributed by atoms with Crippen LogP contribution in [0.15, 0.2) is 158 Å². The van der Waals surface area contributed by atoms with Crippen LogP contribution < -0.4 is 31.2 Å². The van der Waals surface area contributed by atoms with E-state index in [1.165, 1.54) is 0 Å². The molecule has 2 fully saturated rings. The SMILES string of the molecule is N[C@H]1Cc2cccc(c2)Oc2cccc(c2)C[C@@H](C(=O)CCC(F)(F)F)NC(=O)[C@H](CCc2ccccc2)CC1=O.O=C(Cl)C1CC1.O=C(N[C@H]1Cc2cccc(c2)Oc2cccc(c2)C[C@@H](C(=O)CCC(F)(F)F)NC(=O)[C@H](CCc2ccccc2)CC1=O)C1CC1.[2H]CF. The number of carbonyl (C=O) groups excluding carboxylic acids is 8. The monoisotopic (exact) mass is 1340 g/mol. The van der Waals surface area contributed by atoms with Gasteiger partial charge in [-0.2, -0.15) is 26.3 Å². The zero-order valence-corrected chi connectivity index (χ0v) is 53.0. The van der Waals surface area contributed by atoms with E-state index in [1.54, 1.807) is 84.9 Å². The fourth-order valence-corrected chi connectivity index (χ4v) is 11.1. The number of Topliss-reactive ketones (excluding diaryl/α,β-unsaturated/α-hetero) is 4. The van der Waals surface area contributed by atoms with Gasteiger partial charge in [-0.3, -0.25) is 42.7 Å². The minimum atomic E-state index is -4.54. The van der Waals surface area contributed by atoms with Crippen molar-refractivity contribution in [2.75, 3.05) is 7.15 Å². The fourth-order valence-electron chi connectivity index (χ4n) is 10.8. The highest BCUT2D eigenvalue weighted by atomic mass is 35.5. The number of halogens is 8. The van der Waals surface area contributed by atoms with Crippen LogP contribution in [0.25, 0.3) is 0 Å². The maximum absolute atomic E-state index is 13.9. The third kappa shape index (κ3) is 25.9. The second-order valence-corrected chi connectivity index (χ2v) is 24.6. The lowest BCUT2D eigenvalue weighted by Gasteiger charge is -2.25. The van der Waals surface area contributed by atoms with E-state index in [1.807, 2.05) is 72.8 Å². The van der Waals surface area contributed by atoms with Crippen LogP contribution in [0, 0.1) is 23.7 Å². The van der Waals surface area contributed by atoms with E-state index >= 15 is 0 Å². The van der Waals surface area contributed by atoms with Gasteiger partial charge >= 0.3 is 12.4 Å². The topological polar surface area (TPSA) is 217 Å². The Morgan fingerprint density at radius 3 is 1.25 bits per heavy atom. The molecule has 0 unspecified atom stereocenters. The third-order valence-corrected chi connectivity index (χ3v) is 16.7. The molecule has 2 aliphatic carbocycles. The van der Waals surface area contributed by atoms with Gasteiger partial charge in [0.05, 0.1) is 45.5 Å². The van der Waals surface area contributed by atoms with Crippen molar-refractivity contribution in [3.8, 4) is 23.0 Å². The molecule has 22 heteroatoms. The first-order valence-corrected chi connectivity index (χ1v) is 31.9. The van der Waals surface area contributed by atoms with Gasteiger partial charge in [0.1, 0.15) is 23.0 Å². The van der Waals surface area contributed by atoms with Crippen molar-refractivity contribution in [1.29, 1.82) is 0 Å². The van der Waals surface area contributed by atoms with Crippen molar-refractivity contribution in [3.05, 3.63) is 191 Å². The number of nitrogens with two attached hydrogens (primary N) is 1. The molecule has 8 bridgehead atoms. The number of amides is 3. The number of hydrogen-bond acceptors (Lipinski definition) is 11. The molecular weight excluding hydrogens is 1260 g/mol. The summed E-state index contributed by atoms with van der Waals surface area (Å²) in [5.74, 6) is -3.23. The number of benzene rings is 6. The van der Waals surface area contributed by atoms with Gasteiger partial charge < -0.3 is 31.2 Å². The van der Waals surface area contributed by atoms with E-state index in [9.17, 15) is 69.1 Å². The van der Waals surface area contributed by atoms with Crippen LogP contribution in [0.2, 0.25) is 0 Å². The number of ether oxygens (including phenoxy) is 2. The van der Waals surface area contributed by atoms with Crippen molar-refractivity contribution in [2.24, 2.45) is 29.4 Å². The van der Waals surface area contributed by atoms with Crippen molar-refractivity contribution in [2.45, 2.75) is 152 Å². The van der Waals surface area contributed by atoms with Gasteiger partial charge in [-0.25, -0.2) is 0 Å². The van der Waals surface area contributed by atoms with E-state index in [0.29, 0.717) is 53.4 Å². The fraction of sp³-hybridized carbons (Fsp3) is 0.397. The number of rotatable bonds is 15. The Kier molecular flexibility index (Phi) is 27.2. The smallest absolute Gasteiger partial charge is 0.389 e. The number of fused-ring (bicyclic) bond motifs is 8. The summed E-state index contributed by atoms with van der Waals surface area (Å²) in [4.78, 5) is 103. The zero-order valence-electron chi connectivity index (χ0n) is 53.2. The number of nitrogens with one attached hydrogen (secondary N) is 3. The standard InChI is InChI=1S/C36H37F3N2O5.C32H33F3N2O4.C4H5ClO.CH3F/c37-36(38,39)17-16-32(42)30-20-24-8-4-10-28(18-24)46-29-11-5-9-25(19-29)21-31(41-34(44)26-14-15-26)33(43)22-27(35(45)40-30)13-12-23-6-2-1-3-7-23;33-32(34,35)15-14-29(38)28-19-23-9-5-11-26(17-23)41-25-10-4-8-22(16-25)18-27(36)30(39)20-24(31(40)37-28)13-12-21-6-2-1-3-7-21;5-4(6)3-1-2-3;1-2/h1-11,18-19,26-27,30-31H,12-17,20-22H2,(H,40,45)(H,41,44);1-11,16-17,24,27-28H,12-15,18-20,36H2,(H,37,40);3H,1-2H2;1H3/t27-,30+,31+;24-,27+,28+;;/m11../s1/i;;;1D. The number of ketones is 4. The minimum absolute atomic E-state index is 0.0292. The Morgan fingerprint density at radius 1 is 0.526 bits per heavy atom. The molecule has 506 valence electrons. The normalized spacial score (nSPS) is 20.2. The molecule has 0 spiro atoms. The highest BCUT2D eigenvalue weighted by Gasteiger charge is 2.37. The first kappa shape index (κ1) is 72.3. The van der Waals surface area contributed by atoms with Crippen LogP contribution in [0.4, 0.5) is 30.7 Å². The highest BCUT2D eigenvalue weighted by molar-refractivity contribution is 6.64. The van der Waals surface area contributed by atoms with Crippen LogP contribution in [-0.2, 0) is 76.9 Å². The molecule has 3 amide bonds. The third-order valence-electron chi connectivity index (χ3n) is 16.4. The summed E-state index contributed by atoms with van der Waals surface area (Å²) in [7, 11) is -1.00. The highest BCUT2D eigenvalue weighted by Crippen LogP contribution is 2.33. The summed E-state index contributed by atoms with van der Waals surface area (Å²) in [6.45, 7) is 0. The Labute approximate surface area is 554 Å². The largest absolute Gasteiger partial charge is 0.457 e. The van der Waals surface area contributed by atoms with Gasteiger partial charge in [-0.15, -0.1) is 0 Å². The molecule has 6 aromatic carbocycles. The molecule has 5 N–H and O–H groups in total. The first-order valence-electron chi connectivity index (χ1n) is 32.3. The number of aryl methyl sites for hydroxylation is 2. The molecule has 0 saturated heterocycles. The number of hydrogen-bond donors (Lipinski definition) is 4. The summed E-state index contributed by atoms with van der Waals surface area (Å²) < 4.78 is 106. The molecule has 2 heterocycles. The lowest BCUT2D eigenvalue weighted by molar-refractivity contribution is -0.144. The van der Waals surface area contributed by atoms with Crippen LogP contribution in [0.3, 0.4) is 0 Å². The quantitative estimate of drug-likeness (QED) is 0.0560. The van der Waals surface area contributed by atoms with E-state index in [4.69, 9.17) is 28.2 Å². The Morgan fingerprint density at radius 2 is 0.895 bits per heavy atom. The van der Waals surface area contributed by atoms with Crippen LogP contribution in [0.5, 0.6) is 23.0 Å². The molecule has 2 saturated carbocycles. The Bertz CT molecular complexity index is 3590. The molecule has 2 aliphatic heterocycles. The summed E-state index contributed by atoms with van der Waals surface area (Å²) in [6, 6.07) is 42.6. The molecule has 4 aliphatic rings. The van der Waals surface area contributed by atoms with Gasteiger partial charge in [0.2, 0.25) is 23.0 Å². The lowest BCUT2D eigenvalue weighted by Crippen LogP contribution is -2.47. The predicted octanol–water partition coefficient (Wildman–Crippen LogP) is 13.3. The Hall–Kier alpha value is -8.56. The molecule has 6 aromatic rings. The zero-order chi connectivity index (χ0) is 69.4. The van der Waals surface area contributed by atoms with Gasteiger partial charge in [0.25, 0.3) is 0 Å². The van der Waals surface area contributed by atoms with E-state index in [2.05, 4.69) is 16.0 Å². The van der Waals surface area contributed by atoms with Gasteiger partial charge in [-0.05, 0) is 171 Å². The van der Waals surface area contributed by atoms with Crippen molar-refractivity contribution in [1.82, 2.24) is 16.0 Å².